The summed E-state index contributed by atoms with van der Waals surface area (Å²) < 4.78 is 48.1. The number of carboxylic acid groups (broad SMARTS) is 1. The van der Waals surface area contributed by atoms with Gasteiger partial charge in [0, 0.05) is 60.2 Å². The van der Waals surface area contributed by atoms with Gasteiger partial charge in [0.1, 0.15) is 34.9 Å². The first-order valence-corrected chi connectivity index (χ1v) is 25.8. The molecule has 0 aliphatic carbocycles. The number of aliphatic carboxylic acids is 1. The van der Waals surface area contributed by atoms with Crippen LogP contribution >= 0.6 is 23.2 Å². The number of likely N-dealkylation sites (tertiary alicyclic amines) is 2. The van der Waals surface area contributed by atoms with Crippen molar-refractivity contribution in [2.24, 2.45) is 11.8 Å². The van der Waals surface area contributed by atoms with E-state index >= 15 is 0 Å². The van der Waals surface area contributed by atoms with Gasteiger partial charge >= 0.3 is 24.1 Å². The third kappa shape index (κ3) is 13.8. The number of aromatic nitrogens is 4. The molecule has 2 fully saturated rings. The summed E-state index contributed by atoms with van der Waals surface area (Å²) in [6.45, 7) is 16.8. The van der Waals surface area contributed by atoms with Crippen molar-refractivity contribution in [3.05, 3.63) is 103 Å². The zero-order chi connectivity index (χ0) is 54.8. The number of aryl methyl sites for hydroxylation is 2. The lowest BCUT2D eigenvalue weighted by Crippen LogP contribution is -2.44. The van der Waals surface area contributed by atoms with Crippen molar-refractivity contribution >= 4 is 59.1 Å². The van der Waals surface area contributed by atoms with Crippen LogP contribution in [0.25, 0.3) is 0 Å². The minimum absolute atomic E-state index is 0.0709. The second-order valence-corrected chi connectivity index (χ2v) is 22.6. The summed E-state index contributed by atoms with van der Waals surface area (Å²) in [6, 6.07) is 7.26. The predicted molar refractivity (Wildman–Crippen MR) is 272 cm³/mol. The van der Waals surface area contributed by atoms with Gasteiger partial charge in [-0.2, -0.15) is 10.2 Å². The minimum atomic E-state index is -1.11. The van der Waals surface area contributed by atoms with Gasteiger partial charge in [-0.1, -0.05) is 35.3 Å². The molecule has 4 aliphatic rings. The smallest absolute Gasteiger partial charge is 0.411 e. The Kier molecular flexibility index (Phi) is 17.2. The van der Waals surface area contributed by atoms with E-state index in [9.17, 15) is 42.7 Å². The first-order chi connectivity index (χ1) is 35.2. The van der Waals surface area contributed by atoms with Gasteiger partial charge in [0.05, 0.1) is 56.1 Å². The SMILES string of the molecule is COC(=O)[C@@H]1CC(CC(=O)N2CCc3c(C)nn(Cc4ccc(Cl)cc4F)c3C2)CN1C(=O)OC(C)(C)C.Cc1nn(Cc2ccc(Cl)cc2F)c2c1CCN(C(=O)CC1C[C@@H](C(=O)O)N(C(=O)OC(C)(C)C)C1)C2. The van der Waals surface area contributed by atoms with Crippen molar-refractivity contribution in [1.82, 2.24) is 39.2 Å². The fourth-order valence-corrected chi connectivity index (χ4v) is 10.5. The molecule has 0 radical (unpaired) electrons. The van der Waals surface area contributed by atoms with Crippen LogP contribution in [0.1, 0.15) is 112 Å². The first kappa shape index (κ1) is 56.4. The van der Waals surface area contributed by atoms with Gasteiger partial charge < -0.3 is 29.1 Å². The molecule has 4 aromatic rings. The number of hydrogen-bond acceptors (Lipinski definition) is 11. The Balaban J connectivity index is 0.000000219. The molecule has 75 heavy (non-hydrogen) atoms. The molecule has 406 valence electrons. The van der Waals surface area contributed by atoms with Crippen LogP contribution in [0, 0.1) is 37.3 Å². The van der Waals surface area contributed by atoms with Crippen molar-refractivity contribution in [2.45, 2.75) is 143 Å². The molecule has 4 aliphatic heterocycles. The summed E-state index contributed by atoms with van der Waals surface area (Å²) in [5, 5.41) is 19.5. The third-order valence-corrected chi connectivity index (χ3v) is 14.2. The number of amides is 4. The van der Waals surface area contributed by atoms with Crippen LogP contribution in [-0.4, -0.2) is 137 Å². The minimum Gasteiger partial charge on any atom is -0.480 e. The largest absolute Gasteiger partial charge is 0.480 e. The Hall–Kier alpha value is -6.28. The normalized spacial score (nSPS) is 19.5. The summed E-state index contributed by atoms with van der Waals surface area (Å²) in [5.41, 5.74) is 5.03. The van der Waals surface area contributed by atoms with Crippen LogP contribution in [-0.2, 0) is 72.4 Å². The number of ether oxygens (including phenoxy) is 3. The van der Waals surface area contributed by atoms with Crippen LogP contribution in [0.2, 0.25) is 10.0 Å². The standard InChI is InChI=1S/C27H34ClFN4O5.C26H32ClFN4O5/c1-16-20-8-9-31(15-23(20)33(30-16)14-18-6-7-19(28)12-21(18)29)24(34)11-17-10-22(25(35)37-5)32(13-17)26(36)38-27(2,3)4;1-15-19-7-8-30(14-22(19)32(29-15)13-17-5-6-18(27)11-20(17)28)23(33)10-16-9-21(24(34)35)31(12-16)25(36)37-26(2,3)4/h6-7,12,17,22H,8-11,13-15H2,1-5H3;5-6,11,16,21H,7-10,12-14H2,1-4H3,(H,34,35)/t17?,22-;16?,21-/m00/s1. The molecule has 0 saturated carbocycles. The van der Waals surface area contributed by atoms with Crippen molar-refractivity contribution in [2.75, 3.05) is 33.3 Å². The molecule has 0 spiro atoms. The number of carboxylic acids is 1. The number of carbonyl (C=O) groups excluding carboxylic acids is 5. The van der Waals surface area contributed by atoms with Gasteiger partial charge in [0.15, 0.2) is 0 Å². The molecule has 22 heteroatoms. The van der Waals surface area contributed by atoms with Crippen molar-refractivity contribution < 1.29 is 56.9 Å². The number of nitrogens with zero attached hydrogens (tertiary/aromatic N) is 8. The highest BCUT2D eigenvalue weighted by Gasteiger charge is 2.45. The third-order valence-electron chi connectivity index (χ3n) is 13.8. The zero-order valence-corrected chi connectivity index (χ0v) is 45.4. The summed E-state index contributed by atoms with van der Waals surface area (Å²) >= 11 is 11.8. The highest BCUT2D eigenvalue weighted by Crippen LogP contribution is 2.33. The predicted octanol–water partition coefficient (Wildman–Crippen LogP) is 8.12. The zero-order valence-electron chi connectivity index (χ0n) is 43.9. The second-order valence-electron chi connectivity index (χ2n) is 21.7. The number of fused-ring (bicyclic) bond motifs is 2. The lowest BCUT2D eigenvalue weighted by molar-refractivity contribution is -0.146. The molecule has 2 saturated heterocycles. The number of esters is 1. The van der Waals surface area contributed by atoms with Crippen LogP contribution in [0.4, 0.5) is 18.4 Å². The lowest BCUT2D eigenvalue weighted by Gasteiger charge is -2.29. The van der Waals surface area contributed by atoms with Gasteiger partial charge in [-0.05, 0) is 128 Å². The van der Waals surface area contributed by atoms with E-state index in [-0.39, 0.29) is 69.1 Å². The Morgan fingerprint density at radius 1 is 0.667 bits per heavy atom. The molecule has 6 heterocycles. The van der Waals surface area contributed by atoms with E-state index in [1.807, 2.05) is 13.8 Å². The average molecular weight is 1080 g/mol. The van der Waals surface area contributed by atoms with Gasteiger partial charge in [-0.25, -0.2) is 28.0 Å². The molecule has 1 N–H and O–H groups in total. The monoisotopic (exact) mass is 1080 g/mol. The lowest BCUT2D eigenvalue weighted by atomic mass is 9.99. The molecule has 18 nitrogen and oxygen atoms in total. The summed E-state index contributed by atoms with van der Waals surface area (Å²) in [7, 11) is 1.28. The fourth-order valence-electron chi connectivity index (χ4n) is 10.2. The molecular weight excluding hydrogens is 1020 g/mol. The fraction of sp³-hybridized carbons (Fsp3) is 0.547. The quantitative estimate of drug-likeness (QED) is 0.118. The maximum Gasteiger partial charge on any atom is 0.411 e. The highest BCUT2D eigenvalue weighted by molar-refractivity contribution is 6.30. The number of methoxy groups -OCH3 is 1. The van der Waals surface area contributed by atoms with Crippen LogP contribution in [0.3, 0.4) is 0 Å². The molecular formula is C53H66Cl2F2N8O10. The maximum atomic E-state index is 14.4. The van der Waals surface area contributed by atoms with E-state index < -0.39 is 59.0 Å². The van der Waals surface area contributed by atoms with Crippen LogP contribution in [0.5, 0.6) is 0 Å². The molecule has 2 unspecified atom stereocenters. The number of rotatable bonds is 10. The first-order valence-electron chi connectivity index (χ1n) is 25.0. The van der Waals surface area contributed by atoms with E-state index in [1.165, 1.54) is 29.0 Å². The number of hydrogen-bond donors (Lipinski definition) is 1. The molecule has 8 rings (SSSR count). The summed E-state index contributed by atoms with van der Waals surface area (Å²) in [5.74, 6) is -3.15. The molecule has 2 aromatic carbocycles. The highest BCUT2D eigenvalue weighted by atomic mass is 35.5. The summed E-state index contributed by atoms with van der Waals surface area (Å²) in [4.78, 5) is 82.2. The summed E-state index contributed by atoms with van der Waals surface area (Å²) in [6.07, 6.45) is 0.803. The van der Waals surface area contributed by atoms with Crippen molar-refractivity contribution in [3.63, 3.8) is 0 Å². The van der Waals surface area contributed by atoms with Gasteiger partial charge in [0.25, 0.3) is 0 Å². The van der Waals surface area contributed by atoms with E-state index in [0.29, 0.717) is 66.6 Å². The van der Waals surface area contributed by atoms with E-state index in [2.05, 4.69) is 10.2 Å². The Bertz CT molecular complexity index is 2840. The van der Waals surface area contributed by atoms with Crippen molar-refractivity contribution in [3.8, 4) is 0 Å². The second kappa shape index (κ2) is 22.9. The molecule has 4 atom stereocenters. The number of carbonyl (C=O) groups is 6. The Morgan fingerprint density at radius 2 is 1.07 bits per heavy atom. The van der Waals surface area contributed by atoms with E-state index in [4.69, 9.17) is 37.4 Å². The number of benzene rings is 2. The van der Waals surface area contributed by atoms with Crippen LogP contribution < -0.4 is 0 Å². The van der Waals surface area contributed by atoms with Gasteiger partial charge in [0.2, 0.25) is 11.8 Å². The van der Waals surface area contributed by atoms with E-state index in [1.54, 1.807) is 85.0 Å². The molecule has 2 aromatic heterocycles. The molecule has 4 amide bonds. The topological polar surface area (TPSA) is 199 Å². The number of halogens is 4. The van der Waals surface area contributed by atoms with Gasteiger partial charge in [-0.15, -0.1) is 0 Å². The van der Waals surface area contributed by atoms with Crippen LogP contribution in [0.15, 0.2) is 36.4 Å². The average Bonchev–Trinajstić information content (AvgIpc) is 4.10. The molecule has 0 bridgehead atoms. The van der Waals surface area contributed by atoms with E-state index in [0.717, 1.165) is 33.9 Å². The Labute approximate surface area is 445 Å². The Morgan fingerprint density at radius 3 is 1.44 bits per heavy atom. The maximum absolute atomic E-state index is 14.4. The van der Waals surface area contributed by atoms with Crippen molar-refractivity contribution in [1.29, 1.82) is 0 Å². The van der Waals surface area contributed by atoms with Gasteiger partial charge in [-0.3, -0.25) is 28.8 Å².